The summed E-state index contributed by atoms with van der Waals surface area (Å²) < 4.78 is 37.6. The van der Waals surface area contributed by atoms with Crippen LogP contribution in [0.15, 0.2) is 23.2 Å². The standard InChI is InChI=1S/C23H31N3O7S2/c1-3-33-22(29)16-9-10-18-19(13-16)34-23(26(18)11-12-32-2)25-21(28)15-35(30,31)14-20(27)24-17-7-5-4-6-8-17/h9-10,13,17H,3-8,11-12,14-15H2,1-2H3,(H,24,27). The summed E-state index contributed by atoms with van der Waals surface area (Å²) in [5.74, 6) is -3.52. The largest absolute Gasteiger partial charge is 0.462 e. The zero-order valence-electron chi connectivity index (χ0n) is 19.9. The van der Waals surface area contributed by atoms with Crippen LogP contribution in [0, 0.1) is 0 Å². The average molecular weight is 526 g/mol. The maximum absolute atomic E-state index is 12.6. The van der Waals surface area contributed by atoms with E-state index in [-0.39, 0.29) is 17.5 Å². The Morgan fingerprint density at radius 1 is 1.17 bits per heavy atom. The zero-order chi connectivity index (χ0) is 25.4. The second-order valence-corrected chi connectivity index (χ2v) is 11.4. The van der Waals surface area contributed by atoms with Crippen molar-refractivity contribution in [1.29, 1.82) is 0 Å². The first-order valence-corrected chi connectivity index (χ1v) is 14.2. The van der Waals surface area contributed by atoms with E-state index in [4.69, 9.17) is 9.47 Å². The molecular weight excluding hydrogens is 494 g/mol. The number of hydrogen-bond acceptors (Lipinski definition) is 8. The van der Waals surface area contributed by atoms with E-state index in [9.17, 15) is 22.8 Å². The maximum atomic E-state index is 12.6. The molecule has 2 amide bonds. The first-order chi connectivity index (χ1) is 16.7. The van der Waals surface area contributed by atoms with Gasteiger partial charge in [0.2, 0.25) is 5.91 Å². The molecule has 1 fully saturated rings. The number of nitrogens with zero attached hydrogens (tertiary/aromatic N) is 2. The number of fused-ring (bicyclic) bond motifs is 1. The van der Waals surface area contributed by atoms with Gasteiger partial charge in [0, 0.05) is 19.7 Å². The summed E-state index contributed by atoms with van der Waals surface area (Å²) in [5.41, 5.74) is 1.09. The first kappa shape index (κ1) is 27.0. The number of sulfone groups is 1. The number of thiazole rings is 1. The fourth-order valence-electron chi connectivity index (χ4n) is 3.99. The van der Waals surface area contributed by atoms with Crippen molar-refractivity contribution < 1.29 is 32.3 Å². The molecule has 2 aromatic rings. The summed E-state index contributed by atoms with van der Waals surface area (Å²) in [4.78, 5) is 41.2. The first-order valence-electron chi connectivity index (χ1n) is 11.6. The van der Waals surface area contributed by atoms with Crippen LogP contribution in [0.1, 0.15) is 49.4 Å². The molecule has 192 valence electrons. The minimum absolute atomic E-state index is 0.00960. The number of methoxy groups -OCH3 is 1. The van der Waals surface area contributed by atoms with Gasteiger partial charge in [0.15, 0.2) is 14.6 Å². The summed E-state index contributed by atoms with van der Waals surface area (Å²) >= 11 is 1.15. The molecule has 0 radical (unpaired) electrons. The van der Waals surface area contributed by atoms with Crippen LogP contribution >= 0.6 is 11.3 Å². The predicted molar refractivity (Wildman–Crippen MR) is 132 cm³/mol. The minimum atomic E-state index is -3.98. The second-order valence-electron chi connectivity index (χ2n) is 8.37. The third-order valence-corrected chi connectivity index (χ3v) is 8.03. The Kier molecular flexibility index (Phi) is 9.58. The highest BCUT2D eigenvalue weighted by Gasteiger charge is 2.23. The van der Waals surface area contributed by atoms with Crippen LogP contribution in [0.4, 0.5) is 0 Å². The lowest BCUT2D eigenvalue weighted by Crippen LogP contribution is -2.40. The topological polar surface area (TPSA) is 133 Å². The molecule has 1 aromatic carbocycles. The molecule has 0 spiro atoms. The Morgan fingerprint density at radius 3 is 2.60 bits per heavy atom. The van der Waals surface area contributed by atoms with E-state index in [0.717, 1.165) is 49.0 Å². The quantitative estimate of drug-likeness (QED) is 0.468. The van der Waals surface area contributed by atoms with Crippen LogP contribution in [0.25, 0.3) is 10.2 Å². The number of rotatable bonds is 10. The number of nitrogens with one attached hydrogen (secondary N) is 1. The van der Waals surface area contributed by atoms with Crippen molar-refractivity contribution in [3.05, 3.63) is 28.6 Å². The SMILES string of the molecule is CCOC(=O)c1ccc2c(c1)sc(=NC(=O)CS(=O)(=O)CC(=O)NC1CCCCC1)n2CCOC. The number of amides is 2. The van der Waals surface area contributed by atoms with Gasteiger partial charge in [0.25, 0.3) is 5.91 Å². The maximum Gasteiger partial charge on any atom is 0.338 e. The zero-order valence-corrected chi connectivity index (χ0v) is 21.6. The van der Waals surface area contributed by atoms with Gasteiger partial charge >= 0.3 is 5.97 Å². The highest BCUT2D eigenvalue weighted by molar-refractivity contribution is 7.92. The van der Waals surface area contributed by atoms with Gasteiger partial charge in [-0.05, 0) is 38.0 Å². The number of benzene rings is 1. The van der Waals surface area contributed by atoms with Crippen molar-refractivity contribution in [1.82, 2.24) is 9.88 Å². The van der Waals surface area contributed by atoms with Crippen molar-refractivity contribution in [3.63, 3.8) is 0 Å². The van der Waals surface area contributed by atoms with Gasteiger partial charge in [0.1, 0.15) is 11.5 Å². The minimum Gasteiger partial charge on any atom is -0.462 e. The van der Waals surface area contributed by atoms with Crippen LogP contribution < -0.4 is 10.1 Å². The molecule has 1 aromatic heterocycles. The lowest BCUT2D eigenvalue weighted by Gasteiger charge is -2.22. The monoisotopic (exact) mass is 525 g/mol. The Balaban J connectivity index is 1.78. The van der Waals surface area contributed by atoms with Crippen LogP contribution in [-0.4, -0.2) is 68.6 Å². The summed E-state index contributed by atoms with van der Waals surface area (Å²) in [7, 11) is -2.44. The van der Waals surface area contributed by atoms with Crippen LogP contribution in [0.5, 0.6) is 0 Å². The van der Waals surface area contributed by atoms with Gasteiger partial charge < -0.3 is 19.4 Å². The van der Waals surface area contributed by atoms with Gasteiger partial charge in [-0.15, -0.1) is 0 Å². The number of ether oxygens (including phenoxy) is 2. The second kappa shape index (κ2) is 12.4. The molecular formula is C23H31N3O7S2. The number of hydrogen-bond donors (Lipinski definition) is 1. The molecule has 0 bridgehead atoms. The fraction of sp³-hybridized carbons (Fsp3) is 0.565. The summed E-state index contributed by atoms with van der Waals surface area (Å²) in [6.07, 6.45) is 4.81. The van der Waals surface area contributed by atoms with Crippen molar-refractivity contribution in [2.45, 2.75) is 51.6 Å². The van der Waals surface area contributed by atoms with Gasteiger partial charge in [-0.1, -0.05) is 30.6 Å². The van der Waals surface area contributed by atoms with Crippen molar-refractivity contribution in [3.8, 4) is 0 Å². The van der Waals surface area contributed by atoms with E-state index in [1.165, 1.54) is 0 Å². The Morgan fingerprint density at radius 2 is 1.91 bits per heavy atom. The molecule has 0 unspecified atom stereocenters. The smallest absolute Gasteiger partial charge is 0.338 e. The van der Waals surface area contributed by atoms with Gasteiger partial charge in [0.05, 0.1) is 29.0 Å². The Bertz CT molecular complexity index is 1240. The van der Waals surface area contributed by atoms with E-state index in [2.05, 4.69) is 10.3 Å². The fourth-order valence-corrected chi connectivity index (χ4v) is 6.13. The molecule has 3 rings (SSSR count). The molecule has 1 aliphatic carbocycles. The molecule has 0 saturated heterocycles. The number of carbonyl (C=O) groups is 3. The normalized spacial score (nSPS) is 15.3. The van der Waals surface area contributed by atoms with E-state index in [1.807, 2.05) is 0 Å². The molecule has 1 N–H and O–H groups in total. The average Bonchev–Trinajstić information content (AvgIpc) is 3.13. The molecule has 0 atom stereocenters. The van der Waals surface area contributed by atoms with Crippen LogP contribution in [-0.2, 0) is 35.4 Å². The van der Waals surface area contributed by atoms with E-state index < -0.39 is 39.1 Å². The predicted octanol–water partition coefficient (Wildman–Crippen LogP) is 1.82. The molecule has 0 aliphatic heterocycles. The third-order valence-electron chi connectivity index (χ3n) is 5.60. The summed E-state index contributed by atoms with van der Waals surface area (Å²) in [5, 5.41) is 2.76. The van der Waals surface area contributed by atoms with E-state index in [1.54, 1.807) is 36.8 Å². The highest BCUT2D eigenvalue weighted by atomic mass is 32.2. The number of carbonyl (C=O) groups excluding carboxylic acids is 3. The van der Waals surface area contributed by atoms with Crippen molar-refractivity contribution >= 4 is 49.2 Å². The molecule has 35 heavy (non-hydrogen) atoms. The van der Waals surface area contributed by atoms with Crippen LogP contribution in [0.2, 0.25) is 0 Å². The molecule has 1 saturated carbocycles. The number of esters is 1. The van der Waals surface area contributed by atoms with Gasteiger partial charge in [-0.2, -0.15) is 4.99 Å². The van der Waals surface area contributed by atoms with Gasteiger partial charge in [-0.3, -0.25) is 9.59 Å². The summed E-state index contributed by atoms with van der Waals surface area (Å²) in [6, 6.07) is 4.99. The van der Waals surface area contributed by atoms with Gasteiger partial charge in [-0.25, -0.2) is 13.2 Å². The van der Waals surface area contributed by atoms with Crippen molar-refractivity contribution in [2.75, 3.05) is 31.8 Å². The molecule has 10 nitrogen and oxygen atoms in total. The Labute approximate surface area is 208 Å². The third kappa shape index (κ3) is 7.71. The summed E-state index contributed by atoms with van der Waals surface area (Å²) in [6.45, 7) is 2.68. The van der Waals surface area contributed by atoms with Crippen LogP contribution in [0.3, 0.4) is 0 Å². The van der Waals surface area contributed by atoms with E-state index >= 15 is 0 Å². The lowest BCUT2D eigenvalue weighted by molar-refractivity contribution is -0.119. The molecule has 1 heterocycles. The number of aromatic nitrogens is 1. The van der Waals surface area contributed by atoms with E-state index in [0.29, 0.717) is 23.4 Å². The molecule has 1 aliphatic rings. The molecule has 12 heteroatoms. The van der Waals surface area contributed by atoms with Crippen molar-refractivity contribution in [2.24, 2.45) is 4.99 Å². The lowest BCUT2D eigenvalue weighted by atomic mass is 9.95. The highest BCUT2D eigenvalue weighted by Crippen LogP contribution is 2.20. The Hall–Kier alpha value is -2.57.